The molecule has 0 aliphatic rings. The van der Waals surface area contributed by atoms with E-state index in [2.05, 4.69) is 17.4 Å². The Bertz CT molecular complexity index is 581. The van der Waals surface area contributed by atoms with Gasteiger partial charge in [-0.15, -0.1) is 0 Å². The molecule has 0 spiro atoms. The normalized spacial score (nSPS) is 11.5. The molecule has 2 rings (SSSR count). The van der Waals surface area contributed by atoms with Crippen LogP contribution in [0.3, 0.4) is 0 Å². The van der Waals surface area contributed by atoms with Gasteiger partial charge in [0.15, 0.2) is 0 Å². The molecular weight excluding hydrogens is 278 g/mol. The smallest absolute Gasteiger partial charge is 0.307 e. The van der Waals surface area contributed by atoms with Crippen LogP contribution in [0, 0.1) is 0 Å². The van der Waals surface area contributed by atoms with E-state index in [1.807, 2.05) is 42.5 Å². The van der Waals surface area contributed by atoms with Gasteiger partial charge >= 0.3 is 5.97 Å². The van der Waals surface area contributed by atoms with Crippen LogP contribution in [-0.4, -0.2) is 26.2 Å². The van der Waals surface area contributed by atoms with E-state index < -0.39 is 0 Å². The van der Waals surface area contributed by atoms with Crippen molar-refractivity contribution >= 4 is 11.7 Å². The Morgan fingerprint density at radius 3 is 2.32 bits per heavy atom. The van der Waals surface area contributed by atoms with E-state index in [-0.39, 0.29) is 12.0 Å². The first-order valence-electron chi connectivity index (χ1n) is 7.22. The van der Waals surface area contributed by atoms with Crippen molar-refractivity contribution in [3.05, 3.63) is 60.2 Å². The number of ether oxygens (including phenoxy) is 2. The zero-order valence-corrected chi connectivity index (χ0v) is 12.9. The Kier molecular flexibility index (Phi) is 5.83. The average molecular weight is 299 g/mol. The lowest BCUT2D eigenvalue weighted by Crippen LogP contribution is -2.26. The fourth-order valence-corrected chi connectivity index (χ4v) is 2.28. The molecule has 2 aromatic carbocycles. The molecule has 0 aliphatic carbocycles. The molecule has 1 N–H and O–H groups in total. The van der Waals surface area contributed by atoms with Crippen LogP contribution in [0.4, 0.5) is 5.69 Å². The van der Waals surface area contributed by atoms with Gasteiger partial charge in [-0.2, -0.15) is 0 Å². The Labute approximate surface area is 131 Å². The number of rotatable bonds is 7. The van der Waals surface area contributed by atoms with Crippen molar-refractivity contribution in [3.8, 4) is 5.75 Å². The van der Waals surface area contributed by atoms with Crippen molar-refractivity contribution in [2.45, 2.75) is 18.9 Å². The van der Waals surface area contributed by atoms with E-state index in [0.717, 1.165) is 17.9 Å². The van der Waals surface area contributed by atoms with Gasteiger partial charge in [0.1, 0.15) is 5.75 Å². The second kappa shape index (κ2) is 8.08. The Morgan fingerprint density at radius 2 is 1.73 bits per heavy atom. The standard InChI is InChI=1S/C18H21NO3/c1-21-17-10-8-15(9-11-17)19-16(13-18(20)22-2)12-14-6-4-3-5-7-14/h3-11,16,19H,12-13H2,1-2H3/t16-/m0/s1. The fourth-order valence-electron chi connectivity index (χ4n) is 2.28. The van der Waals surface area contributed by atoms with Crippen LogP contribution in [0.2, 0.25) is 0 Å². The van der Waals surface area contributed by atoms with Crippen molar-refractivity contribution in [3.63, 3.8) is 0 Å². The van der Waals surface area contributed by atoms with E-state index in [9.17, 15) is 4.79 Å². The van der Waals surface area contributed by atoms with E-state index in [0.29, 0.717) is 6.42 Å². The van der Waals surface area contributed by atoms with Crippen molar-refractivity contribution in [1.29, 1.82) is 0 Å². The summed E-state index contributed by atoms with van der Waals surface area (Å²) in [6.07, 6.45) is 1.07. The SMILES string of the molecule is COC(=O)C[C@H](Cc1ccccc1)Nc1ccc(OC)cc1. The Balaban J connectivity index is 2.07. The molecule has 0 amide bonds. The molecular formula is C18H21NO3. The number of hydrogen-bond acceptors (Lipinski definition) is 4. The molecule has 0 aliphatic heterocycles. The highest BCUT2D eigenvalue weighted by atomic mass is 16.5. The number of carbonyl (C=O) groups excluding carboxylic acids is 1. The van der Waals surface area contributed by atoms with E-state index in [4.69, 9.17) is 9.47 Å². The van der Waals surface area contributed by atoms with Crippen molar-refractivity contribution in [2.24, 2.45) is 0 Å². The minimum atomic E-state index is -0.220. The molecule has 0 saturated heterocycles. The summed E-state index contributed by atoms with van der Waals surface area (Å²) in [5, 5.41) is 3.39. The quantitative estimate of drug-likeness (QED) is 0.797. The third-order valence-corrected chi connectivity index (χ3v) is 3.43. The number of methoxy groups -OCH3 is 2. The summed E-state index contributed by atoms with van der Waals surface area (Å²) in [4.78, 5) is 11.6. The zero-order valence-electron chi connectivity index (χ0n) is 12.9. The number of esters is 1. The second-order valence-corrected chi connectivity index (χ2v) is 5.04. The van der Waals surface area contributed by atoms with Crippen LogP contribution in [0.15, 0.2) is 54.6 Å². The van der Waals surface area contributed by atoms with E-state index >= 15 is 0 Å². The summed E-state index contributed by atoms with van der Waals surface area (Å²) < 4.78 is 9.94. The second-order valence-electron chi connectivity index (χ2n) is 5.04. The molecule has 116 valence electrons. The molecule has 0 radical (unpaired) electrons. The minimum absolute atomic E-state index is 0.0248. The summed E-state index contributed by atoms with van der Waals surface area (Å²) in [6.45, 7) is 0. The number of carbonyl (C=O) groups is 1. The van der Waals surface area contributed by atoms with E-state index in [1.165, 1.54) is 12.7 Å². The summed E-state index contributed by atoms with van der Waals surface area (Å²) in [5.41, 5.74) is 2.13. The maximum Gasteiger partial charge on any atom is 0.307 e. The summed E-state index contributed by atoms with van der Waals surface area (Å²) in [7, 11) is 3.05. The molecule has 4 heteroatoms. The number of anilines is 1. The fraction of sp³-hybridized carbons (Fsp3) is 0.278. The summed E-state index contributed by atoms with van der Waals surface area (Å²) in [6, 6.07) is 17.7. The van der Waals surface area contributed by atoms with Gasteiger partial charge < -0.3 is 14.8 Å². The molecule has 22 heavy (non-hydrogen) atoms. The van der Waals surface area contributed by atoms with Gasteiger partial charge in [-0.05, 0) is 36.2 Å². The first-order valence-corrected chi connectivity index (χ1v) is 7.22. The predicted molar refractivity (Wildman–Crippen MR) is 87.2 cm³/mol. The summed E-state index contributed by atoms with van der Waals surface area (Å²) in [5.74, 6) is 0.583. The van der Waals surface area contributed by atoms with Crippen LogP contribution in [-0.2, 0) is 16.0 Å². The van der Waals surface area contributed by atoms with Gasteiger partial charge in [-0.25, -0.2) is 0 Å². The van der Waals surface area contributed by atoms with Gasteiger partial charge in [0, 0.05) is 11.7 Å². The third kappa shape index (κ3) is 4.81. The lowest BCUT2D eigenvalue weighted by molar-refractivity contribution is -0.140. The largest absolute Gasteiger partial charge is 0.497 e. The van der Waals surface area contributed by atoms with Crippen LogP contribution in [0.25, 0.3) is 0 Å². The number of benzene rings is 2. The number of nitrogens with one attached hydrogen (secondary N) is 1. The Morgan fingerprint density at radius 1 is 1.05 bits per heavy atom. The van der Waals surface area contributed by atoms with Crippen molar-refractivity contribution in [2.75, 3.05) is 19.5 Å². The van der Waals surface area contributed by atoms with Gasteiger partial charge in [0.05, 0.1) is 20.6 Å². The van der Waals surface area contributed by atoms with E-state index in [1.54, 1.807) is 7.11 Å². The van der Waals surface area contributed by atoms with Crippen molar-refractivity contribution in [1.82, 2.24) is 0 Å². The highest BCUT2D eigenvalue weighted by Gasteiger charge is 2.15. The Hall–Kier alpha value is -2.49. The molecule has 4 nitrogen and oxygen atoms in total. The number of hydrogen-bond donors (Lipinski definition) is 1. The molecule has 1 atom stereocenters. The third-order valence-electron chi connectivity index (χ3n) is 3.43. The lowest BCUT2D eigenvalue weighted by Gasteiger charge is -2.19. The van der Waals surface area contributed by atoms with Crippen molar-refractivity contribution < 1.29 is 14.3 Å². The summed E-state index contributed by atoms with van der Waals surface area (Å²) >= 11 is 0. The predicted octanol–water partition coefficient (Wildman–Crippen LogP) is 3.28. The topological polar surface area (TPSA) is 47.6 Å². The van der Waals surface area contributed by atoms with Gasteiger partial charge in [0.25, 0.3) is 0 Å². The monoisotopic (exact) mass is 299 g/mol. The highest BCUT2D eigenvalue weighted by molar-refractivity contribution is 5.70. The first kappa shape index (κ1) is 15.9. The molecule has 0 heterocycles. The van der Waals surface area contributed by atoms with Crippen LogP contribution < -0.4 is 10.1 Å². The molecule has 0 aromatic heterocycles. The van der Waals surface area contributed by atoms with Gasteiger partial charge in [-0.1, -0.05) is 30.3 Å². The average Bonchev–Trinajstić information content (AvgIpc) is 2.56. The lowest BCUT2D eigenvalue weighted by atomic mass is 10.0. The van der Waals surface area contributed by atoms with Gasteiger partial charge in [0.2, 0.25) is 0 Å². The zero-order chi connectivity index (χ0) is 15.8. The molecule has 0 bridgehead atoms. The molecule has 0 fully saturated rings. The van der Waals surface area contributed by atoms with Crippen LogP contribution in [0.5, 0.6) is 5.75 Å². The maximum absolute atomic E-state index is 11.6. The van der Waals surface area contributed by atoms with Crippen LogP contribution >= 0.6 is 0 Å². The van der Waals surface area contributed by atoms with Crippen LogP contribution in [0.1, 0.15) is 12.0 Å². The highest BCUT2D eigenvalue weighted by Crippen LogP contribution is 2.18. The molecule has 0 unspecified atom stereocenters. The first-order chi connectivity index (χ1) is 10.7. The van der Waals surface area contributed by atoms with Gasteiger partial charge in [-0.3, -0.25) is 4.79 Å². The maximum atomic E-state index is 11.6. The molecule has 0 saturated carbocycles. The molecule has 2 aromatic rings. The minimum Gasteiger partial charge on any atom is -0.497 e.